The molecule has 0 spiro atoms. The number of nitriles is 1. The Bertz CT molecular complexity index is 720. The van der Waals surface area contributed by atoms with E-state index in [1.165, 1.54) is 0 Å². The summed E-state index contributed by atoms with van der Waals surface area (Å²) in [6.45, 7) is 5.66. The highest BCUT2D eigenvalue weighted by molar-refractivity contribution is 7.53. The fourth-order valence-electron chi connectivity index (χ4n) is 2.40. The SMILES string of the molecule is CCOP(=O)(Cc1ccc(C(=O)N[C@@H](C[C@H](C)C#N)C(N)=O)cc1)OCC. The summed E-state index contributed by atoms with van der Waals surface area (Å²) in [5.74, 6) is -1.60. The van der Waals surface area contributed by atoms with Crippen LogP contribution in [0.1, 0.15) is 43.1 Å². The highest BCUT2D eigenvalue weighted by atomic mass is 31.2. The Labute approximate surface area is 159 Å². The van der Waals surface area contributed by atoms with Gasteiger partial charge in [-0.1, -0.05) is 12.1 Å². The Morgan fingerprint density at radius 2 is 1.78 bits per heavy atom. The molecule has 2 amide bonds. The molecular weight excluding hydrogens is 369 g/mol. The lowest BCUT2D eigenvalue weighted by Crippen LogP contribution is -2.45. The van der Waals surface area contributed by atoms with Gasteiger partial charge in [0.05, 0.1) is 25.4 Å². The van der Waals surface area contributed by atoms with Gasteiger partial charge in [-0.15, -0.1) is 0 Å². The second-order valence-corrected chi connectivity index (χ2v) is 8.05. The topological polar surface area (TPSA) is 132 Å². The monoisotopic (exact) mass is 395 g/mol. The van der Waals surface area contributed by atoms with E-state index in [-0.39, 0.29) is 25.8 Å². The average Bonchev–Trinajstić information content (AvgIpc) is 2.61. The minimum absolute atomic E-state index is 0.0974. The molecule has 0 aromatic heterocycles. The van der Waals surface area contributed by atoms with Gasteiger partial charge in [-0.3, -0.25) is 14.2 Å². The first-order chi connectivity index (χ1) is 12.7. The van der Waals surface area contributed by atoms with Gasteiger partial charge in [0, 0.05) is 11.5 Å². The molecule has 0 aliphatic carbocycles. The lowest BCUT2D eigenvalue weighted by molar-refractivity contribution is -0.120. The minimum Gasteiger partial charge on any atom is -0.368 e. The first-order valence-electron chi connectivity index (χ1n) is 8.71. The van der Waals surface area contributed by atoms with Crippen molar-refractivity contribution < 1.29 is 23.2 Å². The minimum atomic E-state index is -3.23. The first kappa shape index (κ1) is 22.8. The van der Waals surface area contributed by atoms with E-state index in [1.807, 2.05) is 6.07 Å². The Kier molecular flexibility index (Phi) is 9.16. The van der Waals surface area contributed by atoms with Crippen LogP contribution < -0.4 is 11.1 Å². The summed E-state index contributed by atoms with van der Waals surface area (Å²) in [4.78, 5) is 23.8. The zero-order valence-corrected chi connectivity index (χ0v) is 16.7. The maximum absolute atomic E-state index is 12.6. The average molecular weight is 395 g/mol. The molecule has 9 heteroatoms. The number of nitrogens with zero attached hydrogens (tertiary/aromatic N) is 1. The standard InChI is InChI=1S/C18H26N3O5P/c1-4-25-27(24,26-5-2)12-14-6-8-15(9-7-14)18(23)21-16(17(20)22)10-13(3)11-19/h6-9,13,16H,4-5,10,12H2,1-3H3,(H2,20,22)(H,21,23)/t13-,16-/m0/s1. The van der Waals surface area contributed by atoms with E-state index in [2.05, 4.69) is 5.32 Å². The second kappa shape index (κ2) is 10.8. The molecule has 0 heterocycles. The molecule has 0 bridgehead atoms. The highest BCUT2D eigenvalue weighted by Crippen LogP contribution is 2.51. The molecule has 8 nitrogen and oxygen atoms in total. The number of carbonyl (C=O) groups excluding carboxylic acids is 2. The van der Waals surface area contributed by atoms with Crippen molar-refractivity contribution in [1.29, 1.82) is 5.26 Å². The van der Waals surface area contributed by atoms with E-state index in [4.69, 9.17) is 20.0 Å². The van der Waals surface area contributed by atoms with E-state index in [0.29, 0.717) is 11.1 Å². The van der Waals surface area contributed by atoms with Crippen LogP contribution in [-0.2, 0) is 24.6 Å². The van der Waals surface area contributed by atoms with Crippen LogP contribution in [0.2, 0.25) is 0 Å². The number of primary amides is 1. The third-order valence-corrected chi connectivity index (χ3v) is 5.76. The number of carbonyl (C=O) groups is 2. The smallest absolute Gasteiger partial charge is 0.335 e. The van der Waals surface area contributed by atoms with Crippen molar-refractivity contribution in [2.45, 2.75) is 39.4 Å². The van der Waals surface area contributed by atoms with Gasteiger partial charge in [-0.2, -0.15) is 5.26 Å². The molecule has 148 valence electrons. The number of benzene rings is 1. The molecule has 0 saturated heterocycles. The number of rotatable bonds is 11. The van der Waals surface area contributed by atoms with Crippen LogP contribution in [0.3, 0.4) is 0 Å². The molecule has 3 N–H and O–H groups in total. The number of hydrogen-bond acceptors (Lipinski definition) is 6. The van der Waals surface area contributed by atoms with Crippen LogP contribution in [0.5, 0.6) is 0 Å². The maximum Gasteiger partial charge on any atom is 0.335 e. The molecule has 0 aliphatic heterocycles. The van der Waals surface area contributed by atoms with E-state index in [9.17, 15) is 14.2 Å². The summed E-state index contributed by atoms with van der Waals surface area (Å²) in [5, 5.41) is 11.4. The van der Waals surface area contributed by atoms with E-state index in [0.717, 1.165) is 0 Å². The molecule has 0 fully saturated rings. The van der Waals surface area contributed by atoms with Crippen LogP contribution >= 0.6 is 7.60 Å². The van der Waals surface area contributed by atoms with Crippen molar-refractivity contribution in [3.8, 4) is 6.07 Å². The Morgan fingerprint density at radius 1 is 1.22 bits per heavy atom. The predicted octanol–water partition coefficient (Wildman–Crippen LogP) is 2.59. The first-order valence-corrected chi connectivity index (χ1v) is 10.4. The zero-order valence-electron chi connectivity index (χ0n) is 15.8. The fourth-order valence-corrected chi connectivity index (χ4v) is 4.10. The summed E-state index contributed by atoms with van der Waals surface area (Å²) in [7, 11) is -3.23. The van der Waals surface area contributed by atoms with Crippen LogP contribution in [0.4, 0.5) is 0 Å². The summed E-state index contributed by atoms with van der Waals surface area (Å²) in [6, 6.07) is 7.48. The molecule has 0 unspecified atom stereocenters. The van der Waals surface area contributed by atoms with Crippen molar-refractivity contribution in [3.63, 3.8) is 0 Å². The van der Waals surface area contributed by atoms with Crippen LogP contribution in [-0.4, -0.2) is 31.1 Å². The van der Waals surface area contributed by atoms with Gasteiger partial charge < -0.3 is 20.1 Å². The third-order valence-electron chi connectivity index (χ3n) is 3.70. The number of nitrogens with two attached hydrogens (primary N) is 1. The Morgan fingerprint density at radius 3 is 2.22 bits per heavy atom. The van der Waals surface area contributed by atoms with Gasteiger partial charge in [-0.25, -0.2) is 0 Å². The maximum atomic E-state index is 12.6. The van der Waals surface area contributed by atoms with Gasteiger partial charge in [0.15, 0.2) is 0 Å². The molecule has 1 rings (SSSR count). The predicted molar refractivity (Wildman–Crippen MR) is 101 cm³/mol. The number of hydrogen-bond donors (Lipinski definition) is 2. The molecular formula is C18H26N3O5P. The van der Waals surface area contributed by atoms with Crippen LogP contribution in [0.15, 0.2) is 24.3 Å². The Hall–Kier alpha value is -2.20. The molecule has 0 radical (unpaired) electrons. The van der Waals surface area contributed by atoms with Crippen molar-refractivity contribution >= 4 is 19.4 Å². The van der Waals surface area contributed by atoms with Crippen LogP contribution in [0.25, 0.3) is 0 Å². The number of nitrogens with one attached hydrogen (secondary N) is 1. The fraction of sp³-hybridized carbons (Fsp3) is 0.500. The van der Waals surface area contributed by atoms with E-state index < -0.39 is 31.4 Å². The quantitative estimate of drug-likeness (QED) is 0.554. The van der Waals surface area contributed by atoms with Crippen molar-refractivity contribution in [2.24, 2.45) is 11.7 Å². The highest BCUT2D eigenvalue weighted by Gasteiger charge is 2.25. The lowest BCUT2D eigenvalue weighted by Gasteiger charge is -2.18. The molecule has 1 aromatic rings. The summed E-state index contributed by atoms with van der Waals surface area (Å²) in [5.41, 5.74) is 6.31. The summed E-state index contributed by atoms with van der Waals surface area (Å²) >= 11 is 0. The second-order valence-electron chi connectivity index (χ2n) is 6.00. The van der Waals surface area contributed by atoms with Crippen molar-refractivity contribution in [1.82, 2.24) is 5.32 Å². The summed E-state index contributed by atoms with van der Waals surface area (Å²) in [6.07, 6.45) is 0.238. The molecule has 0 saturated carbocycles. The van der Waals surface area contributed by atoms with E-state index in [1.54, 1.807) is 45.0 Å². The number of amides is 2. The molecule has 1 aromatic carbocycles. The zero-order chi connectivity index (χ0) is 20.4. The normalized spacial score (nSPS) is 13.4. The van der Waals surface area contributed by atoms with E-state index >= 15 is 0 Å². The van der Waals surface area contributed by atoms with Gasteiger partial charge in [0.25, 0.3) is 5.91 Å². The van der Waals surface area contributed by atoms with Gasteiger partial charge in [-0.05, 0) is 44.9 Å². The van der Waals surface area contributed by atoms with Gasteiger partial charge in [0.2, 0.25) is 5.91 Å². The lowest BCUT2D eigenvalue weighted by atomic mass is 10.0. The molecule has 2 atom stereocenters. The van der Waals surface area contributed by atoms with Crippen molar-refractivity contribution in [3.05, 3.63) is 35.4 Å². The Balaban J connectivity index is 2.82. The van der Waals surface area contributed by atoms with Gasteiger partial charge in [0.1, 0.15) is 6.04 Å². The van der Waals surface area contributed by atoms with Gasteiger partial charge >= 0.3 is 7.60 Å². The van der Waals surface area contributed by atoms with Crippen LogP contribution in [0, 0.1) is 17.2 Å². The molecule has 0 aliphatic rings. The largest absolute Gasteiger partial charge is 0.368 e. The molecule has 27 heavy (non-hydrogen) atoms. The van der Waals surface area contributed by atoms with Crippen molar-refractivity contribution in [2.75, 3.05) is 13.2 Å². The third kappa shape index (κ3) is 7.51. The summed E-state index contributed by atoms with van der Waals surface area (Å²) < 4.78 is 23.1.